The third-order valence-electron chi connectivity index (χ3n) is 4.38. The Morgan fingerprint density at radius 1 is 1.16 bits per heavy atom. The first kappa shape index (κ1) is 15.7. The van der Waals surface area contributed by atoms with Crippen LogP contribution in [0.25, 0.3) is 11.0 Å². The highest BCUT2D eigenvalue weighted by Crippen LogP contribution is 2.29. The summed E-state index contributed by atoms with van der Waals surface area (Å²) in [6.07, 6.45) is 3.21. The Balaban J connectivity index is 1.27. The predicted octanol–water partition coefficient (Wildman–Crippen LogP) is 3.32. The summed E-state index contributed by atoms with van der Waals surface area (Å²) in [5.74, 6) is 2.35. The third kappa shape index (κ3) is 3.99. The number of rotatable bonds is 7. The van der Waals surface area contributed by atoms with E-state index in [9.17, 15) is 4.79 Å². The van der Waals surface area contributed by atoms with Gasteiger partial charge in [0.05, 0.1) is 17.6 Å². The van der Waals surface area contributed by atoms with E-state index < -0.39 is 0 Å². The van der Waals surface area contributed by atoms with Gasteiger partial charge in [-0.1, -0.05) is 12.1 Å². The van der Waals surface area contributed by atoms with Crippen molar-refractivity contribution in [2.24, 2.45) is 5.92 Å². The van der Waals surface area contributed by atoms with E-state index in [2.05, 4.69) is 15.3 Å². The smallest absolute Gasteiger partial charge is 0.251 e. The SMILES string of the molecule is O=C(NCCc1nc2ccccc2[nH]1)c1ccc(OCC2CC2)cc1. The van der Waals surface area contributed by atoms with Gasteiger partial charge < -0.3 is 15.0 Å². The summed E-state index contributed by atoms with van der Waals surface area (Å²) in [6, 6.07) is 15.2. The molecule has 0 radical (unpaired) electrons. The lowest BCUT2D eigenvalue weighted by atomic mass is 10.2. The van der Waals surface area contributed by atoms with Crippen molar-refractivity contribution in [3.05, 3.63) is 59.9 Å². The van der Waals surface area contributed by atoms with Gasteiger partial charge >= 0.3 is 0 Å². The van der Waals surface area contributed by atoms with Crippen LogP contribution in [0.15, 0.2) is 48.5 Å². The fourth-order valence-corrected chi connectivity index (χ4v) is 2.72. The molecule has 5 heteroatoms. The number of aromatic amines is 1. The van der Waals surface area contributed by atoms with Gasteiger partial charge in [-0.2, -0.15) is 0 Å². The Morgan fingerprint density at radius 2 is 1.96 bits per heavy atom. The van der Waals surface area contributed by atoms with Gasteiger partial charge in [0.2, 0.25) is 0 Å². The van der Waals surface area contributed by atoms with E-state index in [1.165, 1.54) is 12.8 Å². The summed E-state index contributed by atoms with van der Waals surface area (Å²) in [6.45, 7) is 1.32. The number of aromatic nitrogens is 2. The van der Waals surface area contributed by atoms with Crippen LogP contribution in [0.4, 0.5) is 0 Å². The van der Waals surface area contributed by atoms with Crippen molar-refractivity contribution in [2.45, 2.75) is 19.3 Å². The summed E-state index contributed by atoms with van der Waals surface area (Å²) in [4.78, 5) is 20.0. The number of hydrogen-bond acceptors (Lipinski definition) is 3. The summed E-state index contributed by atoms with van der Waals surface area (Å²) in [5, 5.41) is 2.93. The molecule has 25 heavy (non-hydrogen) atoms. The fourth-order valence-electron chi connectivity index (χ4n) is 2.72. The van der Waals surface area contributed by atoms with Crippen LogP contribution in [0.2, 0.25) is 0 Å². The summed E-state index contributed by atoms with van der Waals surface area (Å²) in [7, 11) is 0. The topological polar surface area (TPSA) is 67.0 Å². The number of amides is 1. The minimum absolute atomic E-state index is 0.0788. The van der Waals surface area contributed by atoms with Crippen LogP contribution in [0.1, 0.15) is 29.0 Å². The van der Waals surface area contributed by atoms with E-state index in [1.54, 1.807) is 12.1 Å². The number of carbonyl (C=O) groups excluding carboxylic acids is 1. The van der Waals surface area contributed by atoms with E-state index in [0.29, 0.717) is 18.5 Å². The molecular weight excluding hydrogens is 314 g/mol. The Labute approximate surface area is 146 Å². The van der Waals surface area contributed by atoms with Crippen LogP contribution < -0.4 is 10.1 Å². The van der Waals surface area contributed by atoms with Gasteiger partial charge in [-0.05, 0) is 55.2 Å². The van der Waals surface area contributed by atoms with Gasteiger partial charge in [0.1, 0.15) is 11.6 Å². The highest BCUT2D eigenvalue weighted by molar-refractivity contribution is 5.94. The molecule has 1 aliphatic rings. The molecule has 1 saturated carbocycles. The van der Waals surface area contributed by atoms with E-state index in [0.717, 1.165) is 35.1 Å². The molecule has 1 heterocycles. The number of hydrogen-bond donors (Lipinski definition) is 2. The zero-order valence-corrected chi connectivity index (χ0v) is 14.0. The summed E-state index contributed by atoms with van der Waals surface area (Å²) >= 11 is 0. The van der Waals surface area contributed by atoms with Crippen molar-refractivity contribution >= 4 is 16.9 Å². The molecule has 1 aromatic heterocycles. The van der Waals surface area contributed by atoms with E-state index in [4.69, 9.17) is 4.74 Å². The highest BCUT2D eigenvalue weighted by atomic mass is 16.5. The van der Waals surface area contributed by atoms with Crippen molar-refractivity contribution in [3.8, 4) is 5.75 Å². The van der Waals surface area contributed by atoms with E-state index in [1.807, 2.05) is 36.4 Å². The van der Waals surface area contributed by atoms with Gasteiger partial charge in [-0.3, -0.25) is 4.79 Å². The van der Waals surface area contributed by atoms with Crippen LogP contribution in [-0.2, 0) is 6.42 Å². The van der Waals surface area contributed by atoms with Gasteiger partial charge in [-0.25, -0.2) is 4.98 Å². The van der Waals surface area contributed by atoms with Gasteiger partial charge in [0, 0.05) is 18.5 Å². The lowest BCUT2D eigenvalue weighted by Crippen LogP contribution is -2.25. The van der Waals surface area contributed by atoms with Crippen molar-refractivity contribution in [1.82, 2.24) is 15.3 Å². The normalized spacial score (nSPS) is 13.8. The van der Waals surface area contributed by atoms with E-state index >= 15 is 0 Å². The Morgan fingerprint density at radius 3 is 2.72 bits per heavy atom. The van der Waals surface area contributed by atoms with Crippen LogP contribution >= 0.6 is 0 Å². The molecule has 0 atom stereocenters. The average molecular weight is 335 g/mol. The minimum Gasteiger partial charge on any atom is -0.493 e. The summed E-state index contributed by atoms with van der Waals surface area (Å²) < 4.78 is 5.69. The lowest BCUT2D eigenvalue weighted by Gasteiger charge is -2.07. The number of fused-ring (bicyclic) bond motifs is 1. The second-order valence-corrected chi connectivity index (χ2v) is 6.49. The second-order valence-electron chi connectivity index (χ2n) is 6.49. The number of H-pyrrole nitrogens is 1. The number of benzene rings is 2. The molecule has 5 nitrogen and oxygen atoms in total. The molecule has 3 aromatic rings. The number of nitrogens with zero attached hydrogens (tertiary/aromatic N) is 1. The number of nitrogens with one attached hydrogen (secondary N) is 2. The molecule has 1 aliphatic carbocycles. The van der Waals surface area contributed by atoms with Gasteiger partial charge in [-0.15, -0.1) is 0 Å². The standard InChI is InChI=1S/C20H21N3O2/c24-20(15-7-9-16(10-8-15)25-13-14-5-6-14)21-12-11-19-22-17-3-1-2-4-18(17)23-19/h1-4,7-10,14H,5-6,11-13H2,(H,21,24)(H,22,23). The molecule has 1 fully saturated rings. The number of carbonyl (C=O) groups is 1. The minimum atomic E-state index is -0.0788. The first-order valence-electron chi connectivity index (χ1n) is 8.72. The maximum absolute atomic E-state index is 12.2. The molecule has 128 valence electrons. The Hall–Kier alpha value is -2.82. The monoisotopic (exact) mass is 335 g/mol. The maximum Gasteiger partial charge on any atom is 0.251 e. The second kappa shape index (κ2) is 6.97. The van der Waals surface area contributed by atoms with Crippen molar-refractivity contribution in [3.63, 3.8) is 0 Å². The molecule has 0 bridgehead atoms. The molecule has 2 aromatic carbocycles. The van der Waals surface area contributed by atoms with Crippen LogP contribution in [0.3, 0.4) is 0 Å². The molecule has 0 saturated heterocycles. The largest absolute Gasteiger partial charge is 0.493 e. The van der Waals surface area contributed by atoms with Crippen LogP contribution in [-0.4, -0.2) is 29.0 Å². The Kier molecular flexibility index (Phi) is 4.37. The first-order valence-corrected chi connectivity index (χ1v) is 8.72. The third-order valence-corrected chi connectivity index (χ3v) is 4.38. The number of para-hydroxylation sites is 2. The van der Waals surface area contributed by atoms with Crippen molar-refractivity contribution in [1.29, 1.82) is 0 Å². The average Bonchev–Trinajstić information content (AvgIpc) is 3.38. The van der Waals surface area contributed by atoms with E-state index in [-0.39, 0.29) is 5.91 Å². The molecule has 0 spiro atoms. The molecule has 0 unspecified atom stereocenters. The quantitative estimate of drug-likeness (QED) is 0.696. The summed E-state index contributed by atoms with van der Waals surface area (Å²) in [5.41, 5.74) is 2.61. The van der Waals surface area contributed by atoms with Crippen molar-refractivity contribution in [2.75, 3.05) is 13.2 Å². The fraction of sp³-hybridized carbons (Fsp3) is 0.300. The first-order chi connectivity index (χ1) is 12.3. The van der Waals surface area contributed by atoms with Crippen molar-refractivity contribution < 1.29 is 9.53 Å². The highest BCUT2D eigenvalue weighted by Gasteiger charge is 2.21. The van der Waals surface area contributed by atoms with Crippen LogP contribution in [0.5, 0.6) is 5.75 Å². The molecule has 0 aliphatic heterocycles. The van der Waals surface area contributed by atoms with Crippen LogP contribution in [0, 0.1) is 5.92 Å². The number of imidazole rings is 1. The van der Waals surface area contributed by atoms with Gasteiger partial charge in [0.25, 0.3) is 5.91 Å². The zero-order valence-electron chi connectivity index (χ0n) is 14.0. The molecular formula is C20H21N3O2. The molecule has 1 amide bonds. The van der Waals surface area contributed by atoms with Gasteiger partial charge in [0.15, 0.2) is 0 Å². The maximum atomic E-state index is 12.2. The molecule has 2 N–H and O–H groups in total. The number of ether oxygens (including phenoxy) is 1. The lowest BCUT2D eigenvalue weighted by molar-refractivity contribution is 0.0954. The zero-order chi connectivity index (χ0) is 17.1. The molecule has 4 rings (SSSR count). The predicted molar refractivity (Wildman–Crippen MR) is 96.8 cm³/mol. The Bertz CT molecular complexity index is 833.